The highest BCUT2D eigenvalue weighted by molar-refractivity contribution is 9.10. The first-order valence-corrected chi connectivity index (χ1v) is 7.89. The highest BCUT2D eigenvalue weighted by Gasteiger charge is 2.34. The second kappa shape index (κ2) is 6.49. The van der Waals surface area contributed by atoms with E-state index < -0.39 is 15.8 Å². The molecule has 1 unspecified atom stereocenters. The van der Waals surface area contributed by atoms with Crippen LogP contribution >= 0.6 is 28.3 Å². The lowest BCUT2D eigenvalue weighted by atomic mass is 10.2. The Morgan fingerprint density at radius 3 is 2.58 bits per heavy atom. The Morgan fingerprint density at radius 1 is 1.47 bits per heavy atom. The number of hydrogen-bond acceptors (Lipinski definition) is 3. The SMILES string of the molecule is Cl.NCC(NS(=O)(=O)c1ccc(Br)cc1F)C1CC1. The van der Waals surface area contributed by atoms with Crippen LogP contribution in [-0.2, 0) is 10.0 Å². The number of rotatable bonds is 5. The molecule has 0 radical (unpaired) electrons. The molecule has 0 amide bonds. The summed E-state index contributed by atoms with van der Waals surface area (Å²) in [5.41, 5.74) is 5.53. The molecule has 1 aliphatic carbocycles. The Bertz CT molecular complexity index is 552. The Morgan fingerprint density at radius 2 is 2.11 bits per heavy atom. The van der Waals surface area contributed by atoms with Gasteiger partial charge in [-0.3, -0.25) is 0 Å². The van der Waals surface area contributed by atoms with Crippen molar-refractivity contribution in [1.29, 1.82) is 0 Å². The first-order valence-electron chi connectivity index (χ1n) is 5.61. The average molecular weight is 374 g/mol. The van der Waals surface area contributed by atoms with Crippen LogP contribution in [0.1, 0.15) is 12.8 Å². The van der Waals surface area contributed by atoms with Crippen molar-refractivity contribution in [2.45, 2.75) is 23.8 Å². The largest absolute Gasteiger partial charge is 0.329 e. The molecular weight excluding hydrogens is 359 g/mol. The summed E-state index contributed by atoms with van der Waals surface area (Å²) in [6.07, 6.45) is 1.93. The molecule has 1 saturated carbocycles. The summed E-state index contributed by atoms with van der Waals surface area (Å²) >= 11 is 3.09. The normalized spacial score (nSPS) is 16.8. The van der Waals surface area contributed by atoms with E-state index >= 15 is 0 Å². The lowest BCUT2D eigenvalue weighted by Gasteiger charge is -2.16. The molecule has 1 aromatic carbocycles. The van der Waals surface area contributed by atoms with E-state index in [1.165, 1.54) is 12.1 Å². The van der Waals surface area contributed by atoms with Crippen molar-refractivity contribution in [1.82, 2.24) is 4.72 Å². The molecule has 1 atom stereocenters. The van der Waals surface area contributed by atoms with Gasteiger partial charge in [-0.25, -0.2) is 17.5 Å². The van der Waals surface area contributed by atoms with E-state index in [0.29, 0.717) is 4.47 Å². The van der Waals surface area contributed by atoms with Crippen LogP contribution in [0.4, 0.5) is 4.39 Å². The monoisotopic (exact) mass is 372 g/mol. The Balaban J connectivity index is 0.00000180. The minimum absolute atomic E-state index is 0. The van der Waals surface area contributed by atoms with E-state index in [1.54, 1.807) is 0 Å². The zero-order valence-corrected chi connectivity index (χ0v) is 13.2. The number of benzene rings is 1. The van der Waals surface area contributed by atoms with E-state index in [2.05, 4.69) is 20.7 Å². The summed E-state index contributed by atoms with van der Waals surface area (Å²) in [4.78, 5) is -0.343. The number of sulfonamides is 1. The summed E-state index contributed by atoms with van der Waals surface area (Å²) in [6, 6.07) is 3.55. The van der Waals surface area contributed by atoms with Crippen LogP contribution in [-0.4, -0.2) is 21.0 Å². The topological polar surface area (TPSA) is 72.2 Å². The molecule has 0 spiro atoms. The van der Waals surface area contributed by atoms with Crippen LogP contribution in [0, 0.1) is 11.7 Å². The standard InChI is InChI=1S/C11H14BrFN2O2S.ClH/c12-8-3-4-11(9(13)5-8)18(16,17)15-10(6-14)7-1-2-7;/h3-5,7,10,15H,1-2,6,14H2;1H. The van der Waals surface area contributed by atoms with Gasteiger partial charge in [0.05, 0.1) is 0 Å². The molecule has 2 rings (SSSR count). The van der Waals surface area contributed by atoms with Crippen molar-refractivity contribution < 1.29 is 12.8 Å². The predicted octanol–water partition coefficient (Wildman–Crippen LogP) is 2.03. The van der Waals surface area contributed by atoms with Gasteiger partial charge in [-0.15, -0.1) is 12.4 Å². The summed E-state index contributed by atoms with van der Waals surface area (Å²) in [6.45, 7) is 0.224. The van der Waals surface area contributed by atoms with E-state index in [1.807, 2.05) is 0 Å². The van der Waals surface area contributed by atoms with E-state index in [9.17, 15) is 12.8 Å². The first kappa shape index (κ1) is 16.8. The molecule has 4 nitrogen and oxygen atoms in total. The zero-order chi connectivity index (χ0) is 13.3. The van der Waals surface area contributed by atoms with E-state index in [4.69, 9.17) is 5.73 Å². The smallest absolute Gasteiger partial charge is 0.243 e. The molecule has 1 aromatic rings. The molecule has 0 aromatic heterocycles. The molecule has 0 bridgehead atoms. The van der Waals surface area contributed by atoms with Gasteiger partial charge in [-0.2, -0.15) is 0 Å². The maximum atomic E-state index is 13.6. The van der Waals surface area contributed by atoms with Gasteiger partial charge >= 0.3 is 0 Å². The van der Waals surface area contributed by atoms with Crippen LogP contribution in [0.2, 0.25) is 0 Å². The van der Waals surface area contributed by atoms with Crippen molar-refractivity contribution in [2.75, 3.05) is 6.54 Å². The summed E-state index contributed by atoms with van der Waals surface area (Å²) < 4.78 is 40.7. The van der Waals surface area contributed by atoms with Crippen LogP contribution in [0.5, 0.6) is 0 Å². The van der Waals surface area contributed by atoms with E-state index in [-0.39, 0.29) is 35.8 Å². The molecule has 1 fully saturated rings. The Labute approximate surface area is 126 Å². The van der Waals surface area contributed by atoms with Gasteiger partial charge in [0.25, 0.3) is 0 Å². The number of hydrogen-bond donors (Lipinski definition) is 2. The van der Waals surface area contributed by atoms with Crippen molar-refractivity contribution in [2.24, 2.45) is 11.7 Å². The fourth-order valence-electron chi connectivity index (χ4n) is 1.79. The van der Waals surface area contributed by atoms with Gasteiger partial charge in [-0.05, 0) is 37.0 Å². The number of nitrogens with two attached hydrogens (primary N) is 1. The predicted molar refractivity (Wildman–Crippen MR) is 77.2 cm³/mol. The second-order valence-corrected chi connectivity index (χ2v) is 6.97. The summed E-state index contributed by atoms with van der Waals surface area (Å²) in [5.74, 6) is -0.494. The fraction of sp³-hybridized carbons (Fsp3) is 0.455. The minimum Gasteiger partial charge on any atom is -0.329 e. The van der Waals surface area contributed by atoms with Gasteiger partial charge < -0.3 is 5.73 Å². The molecule has 8 heteroatoms. The Kier molecular flexibility index (Phi) is 5.76. The first-order chi connectivity index (χ1) is 8.44. The van der Waals surface area contributed by atoms with Crippen LogP contribution in [0.3, 0.4) is 0 Å². The third kappa shape index (κ3) is 4.13. The highest BCUT2D eigenvalue weighted by Crippen LogP contribution is 2.33. The van der Waals surface area contributed by atoms with Crippen LogP contribution in [0.15, 0.2) is 27.6 Å². The van der Waals surface area contributed by atoms with Crippen molar-refractivity contribution >= 4 is 38.4 Å². The van der Waals surface area contributed by atoms with Crippen molar-refractivity contribution in [3.05, 3.63) is 28.5 Å². The lowest BCUT2D eigenvalue weighted by Crippen LogP contribution is -2.41. The average Bonchev–Trinajstić information content (AvgIpc) is 3.09. The van der Waals surface area contributed by atoms with Gasteiger partial charge in [0.2, 0.25) is 10.0 Å². The quantitative estimate of drug-likeness (QED) is 0.829. The van der Waals surface area contributed by atoms with Gasteiger partial charge in [0.1, 0.15) is 10.7 Å². The summed E-state index contributed by atoms with van der Waals surface area (Å²) in [5, 5.41) is 0. The third-order valence-electron chi connectivity index (χ3n) is 2.93. The van der Waals surface area contributed by atoms with E-state index in [0.717, 1.165) is 18.9 Å². The molecule has 0 aliphatic heterocycles. The van der Waals surface area contributed by atoms with Crippen molar-refractivity contribution in [3.63, 3.8) is 0 Å². The van der Waals surface area contributed by atoms with Gasteiger partial charge in [0, 0.05) is 17.1 Å². The maximum Gasteiger partial charge on any atom is 0.243 e. The number of halogens is 3. The maximum absolute atomic E-state index is 13.6. The third-order valence-corrected chi connectivity index (χ3v) is 4.95. The highest BCUT2D eigenvalue weighted by atomic mass is 79.9. The second-order valence-electron chi connectivity index (χ2n) is 4.38. The van der Waals surface area contributed by atoms with Crippen LogP contribution < -0.4 is 10.5 Å². The fourth-order valence-corrected chi connectivity index (χ4v) is 3.50. The van der Waals surface area contributed by atoms with Gasteiger partial charge in [-0.1, -0.05) is 15.9 Å². The molecular formula is C11H15BrClFN2O2S. The molecule has 1 aliphatic rings. The molecule has 0 saturated heterocycles. The minimum atomic E-state index is -3.85. The van der Waals surface area contributed by atoms with Gasteiger partial charge in [0.15, 0.2) is 0 Å². The molecule has 0 heterocycles. The Hall–Kier alpha value is -0.210. The summed E-state index contributed by atoms with van der Waals surface area (Å²) in [7, 11) is -3.85. The zero-order valence-electron chi connectivity index (χ0n) is 9.97. The lowest BCUT2D eigenvalue weighted by molar-refractivity contribution is 0.511. The molecule has 108 valence electrons. The van der Waals surface area contributed by atoms with Crippen LogP contribution in [0.25, 0.3) is 0 Å². The molecule has 19 heavy (non-hydrogen) atoms. The number of nitrogens with one attached hydrogen (secondary N) is 1. The molecule has 3 N–H and O–H groups in total. The van der Waals surface area contributed by atoms with Crippen molar-refractivity contribution in [3.8, 4) is 0 Å².